The Morgan fingerprint density at radius 2 is 2.09 bits per heavy atom. The van der Waals surface area contributed by atoms with Crippen molar-refractivity contribution in [1.29, 1.82) is 0 Å². The molecular formula is C17H27N5O. The van der Waals surface area contributed by atoms with Crippen LogP contribution < -0.4 is 5.32 Å². The molecule has 0 aromatic carbocycles. The minimum absolute atomic E-state index is 0.0214. The second-order valence-corrected chi connectivity index (χ2v) is 7.20. The van der Waals surface area contributed by atoms with E-state index in [0.29, 0.717) is 6.42 Å². The van der Waals surface area contributed by atoms with Crippen molar-refractivity contribution in [3.05, 3.63) is 30.0 Å². The highest BCUT2D eigenvalue weighted by molar-refractivity contribution is 5.89. The van der Waals surface area contributed by atoms with Crippen molar-refractivity contribution in [1.82, 2.24) is 19.3 Å². The lowest BCUT2D eigenvalue weighted by Gasteiger charge is -2.15. The summed E-state index contributed by atoms with van der Waals surface area (Å²) in [6.45, 7) is 9.31. The molecule has 6 nitrogen and oxygen atoms in total. The number of nitrogens with one attached hydrogen (secondary N) is 1. The molecular weight excluding hydrogens is 290 g/mol. The van der Waals surface area contributed by atoms with Crippen LogP contribution in [0.1, 0.15) is 45.1 Å². The first-order chi connectivity index (χ1) is 10.7. The van der Waals surface area contributed by atoms with E-state index in [2.05, 4.69) is 40.7 Å². The highest BCUT2D eigenvalue weighted by Gasteiger charge is 2.15. The van der Waals surface area contributed by atoms with Gasteiger partial charge in [-0.1, -0.05) is 20.8 Å². The molecule has 2 rings (SSSR count). The Morgan fingerprint density at radius 1 is 1.35 bits per heavy atom. The predicted molar refractivity (Wildman–Crippen MR) is 91.2 cm³/mol. The van der Waals surface area contributed by atoms with Gasteiger partial charge in [-0.05, 0) is 25.2 Å². The van der Waals surface area contributed by atoms with E-state index in [1.807, 2.05) is 26.2 Å². The fraction of sp³-hybridized carbons (Fsp3) is 0.588. The third kappa shape index (κ3) is 5.23. The Hall–Kier alpha value is -2.11. The molecule has 0 bridgehead atoms. The van der Waals surface area contributed by atoms with Gasteiger partial charge in [0.25, 0.3) is 0 Å². The molecule has 1 N–H and O–H groups in total. The van der Waals surface area contributed by atoms with Crippen LogP contribution in [0, 0.1) is 12.3 Å². The van der Waals surface area contributed by atoms with Gasteiger partial charge in [0, 0.05) is 38.5 Å². The Bertz CT molecular complexity index is 663. The number of amides is 1. The molecule has 2 aromatic heterocycles. The van der Waals surface area contributed by atoms with Gasteiger partial charge in [0.15, 0.2) is 0 Å². The summed E-state index contributed by atoms with van der Waals surface area (Å²) in [6, 6.07) is 1.96. The average Bonchev–Trinajstić information content (AvgIpc) is 2.95. The number of hydrogen-bond donors (Lipinski definition) is 1. The smallest absolute Gasteiger partial charge is 0.225 e. The molecule has 0 spiro atoms. The predicted octanol–water partition coefficient (Wildman–Crippen LogP) is 2.93. The first kappa shape index (κ1) is 17.2. The number of nitrogens with zero attached hydrogens (tertiary/aromatic N) is 4. The highest BCUT2D eigenvalue weighted by Crippen LogP contribution is 2.21. The van der Waals surface area contributed by atoms with Gasteiger partial charge in [-0.15, -0.1) is 0 Å². The molecule has 6 heteroatoms. The van der Waals surface area contributed by atoms with Crippen molar-refractivity contribution in [2.45, 2.75) is 53.5 Å². The molecule has 0 saturated carbocycles. The molecule has 0 fully saturated rings. The van der Waals surface area contributed by atoms with E-state index >= 15 is 0 Å². The van der Waals surface area contributed by atoms with Crippen LogP contribution in [-0.2, 0) is 24.8 Å². The van der Waals surface area contributed by atoms with Gasteiger partial charge in [-0.3, -0.25) is 9.48 Å². The number of imidazole rings is 1. The van der Waals surface area contributed by atoms with Crippen LogP contribution in [0.2, 0.25) is 0 Å². The summed E-state index contributed by atoms with van der Waals surface area (Å²) in [5.74, 6) is 1.75. The molecule has 0 saturated heterocycles. The Kier molecular flexibility index (Phi) is 5.23. The van der Waals surface area contributed by atoms with Crippen LogP contribution in [0.5, 0.6) is 0 Å². The lowest BCUT2D eigenvalue weighted by molar-refractivity contribution is -0.116. The van der Waals surface area contributed by atoms with E-state index in [0.717, 1.165) is 36.7 Å². The van der Waals surface area contributed by atoms with Crippen molar-refractivity contribution in [3.63, 3.8) is 0 Å². The first-order valence-corrected chi connectivity index (χ1v) is 8.05. The molecule has 0 radical (unpaired) electrons. The average molecular weight is 317 g/mol. The number of carbonyl (C=O) groups is 1. The second kappa shape index (κ2) is 6.98. The molecule has 1 amide bonds. The summed E-state index contributed by atoms with van der Waals surface area (Å²) in [4.78, 5) is 16.3. The zero-order valence-corrected chi connectivity index (χ0v) is 14.8. The summed E-state index contributed by atoms with van der Waals surface area (Å²) >= 11 is 0. The van der Waals surface area contributed by atoms with Crippen molar-refractivity contribution in [2.75, 3.05) is 5.32 Å². The van der Waals surface area contributed by atoms with Crippen LogP contribution in [-0.4, -0.2) is 25.2 Å². The summed E-state index contributed by atoms with van der Waals surface area (Å²) < 4.78 is 3.79. The number of carbonyl (C=O) groups excluding carboxylic acids is 1. The van der Waals surface area contributed by atoms with Gasteiger partial charge in [0.05, 0.1) is 5.69 Å². The summed E-state index contributed by atoms with van der Waals surface area (Å²) in [5.41, 5.74) is 1.18. The third-order valence-electron chi connectivity index (χ3n) is 3.64. The maximum Gasteiger partial charge on any atom is 0.225 e. The monoisotopic (exact) mass is 317 g/mol. The summed E-state index contributed by atoms with van der Waals surface area (Å²) in [6.07, 6.45) is 5.87. The van der Waals surface area contributed by atoms with Crippen LogP contribution in [0.15, 0.2) is 18.5 Å². The van der Waals surface area contributed by atoms with Crippen molar-refractivity contribution in [2.24, 2.45) is 12.5 Å². The molecule has 0 atom stereocenters. The van der Waals surface area contributed by atoms with Crippen molar-refractivity contribution >= 4 is 11.7 Å². The van der Waals surface area contributed by atoms with E-state index in [9.17, 15) is 4.79 Å². The van der Waals surface area contributed by atoms with E-state index in [1.165, 1.54) is 0 Å². The minimum Gasteiger partial charge on any atom is -0.335 e. The van der Waals surface area contributed by atoms with E-state index < -0.39 is 0 Å². The zero-order valence-electron chi connectivity index (χ0n) is 14.8. The van der Waals surface area contributed by atoms with Gasteiger partial charge in [0.2, 0.25) is 5.91 Å². The molecule has 0 aliphatic carbocycles. The molecule has 2 heterocycles. The largest absolute Gasteiger partial charge is 0.335 e. The molecule has 0 unspecified atom stereocenters. The van der Waals surface area contributed by atoms with Gasteiger partial charge in [-0.25, -0.2) is 4.98 Å². The summed E-state index contributed by atoms with van der Waals surface area (Å²) in [7, 11) is 1.86. The standard InChI is InChI=1S/C17H27N5O/c1-13-18-8-10-22(13)9-6-7-16(23)19-15-11-14(20-21(15)5)12-17(2,3)4/h8,10-11H,6-7,9,12H2,1-5H3,(H,19,23). The van der Waals surface area contributed by atoms with Gasteiger partial charge < -0.3 is 9.88 Å². The molecule has 0 aliphatic heterocycles. The fourth-order valence-electron chi connectivity index (χ4n) is 2.53. The Morgan fingerprint density at radius 3 is 2.70 bits per heavy atom. The highest BCUT2D eigenvalue weighted by atomic mass is 16.1. The minimum atomic E-state index is 0.0214. The Labute approximate surface area is 137 Å². The van der Waals surface area contributed by atoms with Crippen LogP contribution in [0.4, 0.5) is 5.82 Å². The Balaban J connectivity index is 1.84. The van der Waals surface area contributed by atoms with Gasteiger partial charge >= 0.3 is 0 Å². The maximum absolute atomic E-state index is 12.1. The first-order valence-electron chi connectivity index (χ1n) is 8.05. The van der Waals surface area contributed by atoms with Gasteiger partial charge in [0.1, 0.15) is 11.6 Å². The molecule has 2 aromatic rings. The van der Waals surface area contributed by atoms with Gasteiger partial charge in [-0.2, -0.15) is 5.10 Å². The van der Waals surface area contributed by atoms with Crippen LogP contribution in [0.3, 0.4) is 0 Å². The number of hydrogen-bond acceptors (Lipinski definition) is 3. The molecule has 0 aliphatic rings. The number of anilines is 1. The molecule has 126 valence electrons. The maximum atomic E-state index is 12.1. The SMILES string of the molecule is Cc1nccn1CCCC(=O)Nc1cc(CC(C)(C)C)nn1C. The quantitative estimate of drug-likeness (QED) is 0.891. The lowest BCUT2D eigenvalue weighted by Crippen LogP contribution is -2.15. The normalized spacial score (nSPS) is 11.7. The van der Waals surface area contributed by atoms with Crippen molar-refractivity contribution in [3.8, 4) is 0 Å². The second-order valence-electron chi connectivity index (χ2n) is 7.20. The van der Waals surface area contributed by atoms with Crippen molar-refractivity contribution < 1.29 is 4.79 Å². The van der Waals surface area contributed by atoms with E-state index in [4.69, 9.17) is 0 Å². The lowest BCUT2D eigenvalue weighted by atomic mass is 9.91. The van der Waals surface area contributed by atoms with E-state index in [-0.39, 0.29) is 11.3 Å². The number of rotatable bonds is 6. The zero-order chi connectivity index (χ0) is 17.0. The topological polar surface area (TPSA) is 64.7 Å². The van der Waals surface area contributed by atoms with E-state index in [1.54, 1.807) is 10.9 Å². The fourth-order valence-corrected chi connectivity index (χ4v) is 2.53. The number of aromatic nitrogens is 4. The third-order valence-corrected chi connectivity index (χ3v) is 3.64. The van der Waals surface area contributed by atoms with Crippen LogP contribution >= 0.6 is 0 Å². The van der Waals surface area contributed by atoms with Crippen LogP contribution in [0.25, 0.3) is 0 Å². The number of aryl methyl sites for hydroxylation is 3. The summed E-state index contributed by atoms with van der Waals surface area (Å²) in [5, 5.41) is 7.42. The molecule has 23 heavy (non-hydrogen) atoms.